The summed E-state index contributed by atoms with van der Waals surface area (Å²) in [5.41, 5.74) is 1.87. The second kappa shape index (κ2) is 7.89. The van der Waals surface area contributed by atoms with Crippen LogP contribution in [0.4, 0.5) is 11.4 Å². The maximum absolute atomic E-state index is 12.8. The first-order valence-corrected chi connectivity index (χ1v) is 10.1. The van der Waals surface area contributed by atoms with Crippen LogP contribution in [0.5, 0.6) is 0 Å². The van der Waals surface area contributed by atoms with Crippen molar-refractivity contribution in [2.45, 2.75) is 26.3 Å². The lowest BCUT2D eigenvalue weighted by atomic mass is 10.1. The summed E-state index contributed by atoms with van der Waals surface area (Å²) in [6, 6.07) is 12.9. The van der Waals surface area contributed by atoms with Crippen LogP contribution in [0.3, 0.4) is 0 Å². The first-order valence-electron chi connectivity index (χ1n) is 7.85. The van der Waals surface area contributed by atoms with Crippen molar-refractivity contribution in [1.29, 1.82) is 0 Å². The number of nitrogens with zero attached hydrogens (tertiary/aromatic N) is 1. The number of aryl methyl sites for hydroxylation is 1. The number of para-hydroxylation sites is 1. The molecule has 1 N–H and O–H groups in total. The number of benzene rings is 2. The second-order valence-electron chi connectivity index (χ2n) is 5.77. The minimum absolute atomic E-state index is 0.334. The summed E-state index contributed by atoms with van der Waals surface area (Å²) in [5, 5.41) is 3.38. The highest BCUT2D eigenvalue weighted by Gasteiger charge is 2.31. The predicted molar refractivity (Wildman–Crippen MR) is 103 cm³/mol. The fourth-order valence-electron chi connectivity index (χ4n) is 2.62. The Balaban J connectivity index is 2.36. The number of carbonyl (C=O) groups excluding carboxylic acids is 1. The van der Waals surface area contributed by atoms with Crippen molar-refractivity contribution in [3.63, 3.8) is 0 Å². The standard InChI is InChI=1S/C18H21ClN2O3S/c1-4-17(18(22)20-16-11-10-14(19)12-13(16)2)21(25(3,23)24)15-8-6-5-7-9-15/h5-12,17H,4H2,1-3H3,(H,20,22)/t17-/m0/s1. The SMILES string of the molecule is CC[C@@H](C(=O)Nc1ccc(Cl)cc1C)N(c1ccccc1)S(C)(=O)=O. The van der Waals surface area contributed by atoms with Crippen molar-refractivity contribution < 1.29 is 13.2 Å². The molecule has 0 aliphatic carbocycles. The molecule has 0 aliphatic heterocycles. The minimum Gasteiger partial charge on any atom is -0.324 e. The molecule has 1 amide bonds. The number of hydrogen-bond acceptors (Lipinski definition) is 3. The summed E-state index contributed by atoms with van der Waals surface area (Å²) in [6.45, 7) is 3.61. The zero-order valence-corrected chi connectivity index (χ0v) is 15.9. The smallest absolute Gasteiger partial charge is 0.248 e. The highest BCUT2D eigenvalue weighted by molar-refractivity contribution is 7.92. The topological polar surface area (TPSA) is 66.5 Å². The van der Waals surface area contributed by atoms with Gasteiger partial charge in [-0.15, -0.1) is 0 Å². The van der Waals surface area contributed by atoms with Gasteiger partial charge in [0.1, 0.15) is 6.04 Å². The van der Waals surface area contributed by atoms with Gasteiger partial charge in [-0.05, 0) is 49.2 Å². The van der Waals surface area contributed by atoms with E-state index in [9.17, 15) is 13.2 Å². The van der Waals surface area contributed by atoms with Crippen LogP contribution >= 0.6 is 11.6 Å². The van der Waals surface area contributed by atoms with Gasteiger partial charge in [0.05, 0.1) is 11.9 Å². The molecule has 0 fully saturated rings. The Bertz CT molecular complexity index is 854. The van der Waals surface area contributed by atoms with Crippen LogP contribution in [0.15, 0.2) is 48.5 Å². The molecule has 0 saturated heterocycles. The molecule has 2 rings (SSSR count). The average molecular weight is 381 g/mol. The van der Waals surface area contributed by atoms with E-state index in [-0.39, 0.29) is 5.91 Å². The first-order chi connectivity index (χ1) is 11.7. The van der Waals surface area contributed by atoms with E-state index in [0.717, 1.165) is 16.1 Å². The van der Waals surface area contributed by atoms with Gasteiger partial charge in [0.15, 0.2) is 0 Å². The summed E-state index contributed by atoms with van der Waals surface area (Å²) in [4.78, 5) is 12.8. The van der Waals surface area contributed by atoms with Crippen molar-refractivity contribution in [2.75, 3.05) is 15.9 Å². The van der Waals surface area contributed by atoms with Gasteiger partial charge >= 0.3 is 0 Å². The third-order valence-corrected chi connectivity index (χ3v) is 5.20. The largest absolute Gasteiger partial charge is 0.324 e. The van der Waals surface area contributed by atoms with Gasteiger partial charge in [-0.1, -0.05) is 36.7 Å². The van der Waals surface area contributed by atoms with E-state index in [1.165, 1.54) is 0 Å². The molecule has 0 aromatic heterocycles. The third kappa shape index (κ3) is 4.74. The van der Waals surface area contributed by atoms with Crippen LogP contribution in [-0.4, -0.2) is 26.6 Å². The van der Waals surface area contributed by atoms with Gasteiger partial charge in [0.2, 0.25) is 15.9 Å². The quantitative estimate of drug-likeness (QED) is 0.828. The van der Waals surface area contributed by atoms with Crippen LogP contribution in [0.2, 0.25) is 5.02 Å². The minimum atomic E-state index is -3.63. The van der Waals surface area contributed by atoms with E-state index in [4.69, 9.17) is 11.6 Å². The molecule has 5 nitrogen and oxygen atoms in total. The van der Waals surface area contributed by atoms with Gasteiger partial charge in [0, 0.05) is 10.7 Å². The number of sulfonamides is 1. The Kier molecular flexibility index (Phi) is 6.08. The molecule has 0 radical (unpaired) electrons. The van der Waals surface area contributed by atoms with Crippen LogP contribution in [-0.2, 0) is 14.8 Å². The summed E-state index contributed by atoms with van der Waals surface area (Å²) < 4.78 is 25.8. The van der Waals surface area contributed by atoms with E-state index in [2.05, 4.69) is 5.32 Å². The molecule has 134 valence electrons. The molecule has 2 aromatic rings. The number of carbonyl (C=O) groups is 1. The Labute approximate surface area is 153 Å². The van der Waals surface area contributed by atoms with E-state index >= 15 is 0 Å². The van der Waals surface area contributed by atoms with Gasteiger partial charge in [-0.2, -0.15) is 0 Å². The molecule has 0 bridgehead atoms. The lowest BCUT2D eigenvalue weighted by molar-refractivity contribution is -0.117. The lowest BCUT2D eigenvalue weighted by Gasteiger charge is -2.30. The molecule has 25 heavy (non-hydrogen) atoms. The Morgan fingerprint density at radius 3 is 2.36 bits per heavy atom. The number of amides is 1. The van der Waals surface area contributed by atoms with Crippen molar-refractivity contribution in [2.24, 2.45) is 0 Å². The predicted octanol–water partition coefficient (Wildman–Crippen LogP) is 3.83. The molecule has 0 spiro atoms. The number of anilines is 2. The average Bonchev–Trinajstić information content (AvgIpc) is 2.54. The third-order valence-electron chi connectivity index (χ3n) is 3.79. The maximum Gasteiger partial charge on any atom is 0.248 e. The van der Waals surface area contributed by atoms with Gasteiger partial charge in [-0.25, -0.2) is 8.42 Å². The van der Waals surface area contributed by atoms with Crippen molar-refractivity contribution >= 4 is 38.9 Å². The maximum atomic E-state index is 12.8. The van der Waals surface area contributed by atoms with Crippen molar-refractivity contribution in [3.8, 4) is 0 Å². The molecular weight excluding hydrogens is 360 g/mol. The van der Waals surface area contributed by atoms with E-state index in [1.54, 1.807) is 55.5 Å². The summed E-state index contributed by atoms with van der Waals surface area (Å²) >= 11 is 5.93. The highest BCUT2D eigenvalue weighted by Crippen LogP contribution is 2.24. The van der Waals surface area contributed by atoms with Crippen molar-refractivity contribution in [1.82, 2.24) is 0 Å². The summed E-state index contributed by atoms with van der Waals surface area (Å²) in [7, 11) is -3.63. The molecule has 0 saturated carbocycles. The monoisotopic (exact) mass is 380 g/mol. The number of nitrogens with one attached hydrogen (secondary N) is 1. The fraction of sp³-hybridized carbons (Fsp3) is 0.278. The van der Waals surface area contributed by atoms with Gasteiger partial charge < -0.3 is 5.32 Å². The zero-order chi connectivity index (χ0) is 18.6. The molecule has 2 aromatic carbocycles. The molecule has 1 atom stereocenters. The molecule has 0 heterocycles. The highest BCUT2D eigenvalue weighted by atomic mass is 35.5. The van der Waals surface area contributed by atoms with Crippen LogP contribution in [0.1, 0.15) is 18.9 Å². The zero-order valence-electron chi connectivity index (χ0n) is 14.4. The lowest BCUT2D eigenvalue weighted by Crippen LogP contribution is -2.47. The van der Waals surface area contributed by atoms with E-state index in [0.29, 0.717) is 22.8 Å². The number of halogens is 1. The second-order valence-corrected chi connectivity index (χ2v) is 8.06. The normalized spacial score (nSPS) is 12.5. The molecule has 7 heteroatoms. The van der Waals surface area contributed by atoms with Gasteiger partial charge in [0.25, 0.3) is 0 Å². The summed E-state index contributed by atoms with van der Waals surface area (Å²) in [6.07, 6.45) is 1.43. The Hall–Kier alpha value is -2.05. The Morgan fingerprint density at radius 2 is 1.84 bits per heavy atom. The molecule has 0 aliphatic rings. The molecule has 0 unspecified atom stereocenters. The Morgan fingerprint density at radius 1 is 1.20 bits per heavy atom. The van der Waals surface area contributed by atoms with Gasteiger partial charge in [-0.3, -0.25) is 9.10 Å². The van der Waals surface area contributed by atoms with Crippen molar-refractivity contribution in [3.05, 3.63) is 59.1 Å². The number of rotatable bonds is 6. The first kappa shape index (κ1) is 19.3. The molecular formula is C18H21ClN2O3S. The fourth-order valence-corrected chi connectivity index (χ4v) is 4.06. The number of hydrogen-bond donors (Lipinski definition) is 1. The van der Waals surface area contributed by atoms with E-state index < -0.39 is 16.1 Å². The van der Waals surface area contributed by atoms with E-state index in [1.807, 2.05) is 6.92 Å². The van der Waals surface area contributed by atoms with Crippen LogP contribution in [0.25, 0.3) is 0 Å². The van der Waals surface area contributed by atoms with Crippen LogP contribution in [0, 0.1) is 6.92 Å². The van der Waals surface area contributed by atoms with Crippen LogP contribution < -0.4 is 9.62 Å². The summed E-state index contributed by atoms with van der Waals surface area (Å²) in [5.74, 6) is -0.387.